The van der Waals surface area contributed by atoms with Crippen molar-refractivity contribution in [3.8, 4) is 0 Å². The number of hydrogen-bond donors (Lipinski definition) is 1. The number of benzene rings is 1. The maximum Gasteiger partial charge on any atom is 0.253 e. The highest BCUT2D eigenvalue weighted by Gasteiger charge is 2.20. The van der Waals surface area contributed by atoms with Gasteiger partial charge in [-0.15, -0.1) is 0 Å². The molecule has 2 amide bonds. The van der Waals surface area contributed by atoms with Crippen molar-refractivity contribution in [2.24, 2.45) is 0 Å². The van der Waals surface area contributed by atoms with Gasteiger partial charge in [-0.25, -0.2) is 0 Å². The van der Waals surface area contributed by atoms with E-state index in [-0.39, 0.29) is 11.8 Å². The van der Waals surface area contributed by atoms with Crippen LogP contribution in [-0.4, -0.2) is 54.3 Å². The molecule has 1 aromatic rings. The van der Waals surface area contributed by atoms with Crippen LogP contribution in [-0.2, 0) is 4.79 Å². The van der Waals surface area contributed by atoms with Crippen molar-refractivity contribution >= 4 is 17.5 Å². The minimum atomic E-state index is 0.0912. The number of nitrogens with zero attached hydrogens (tertiary/aromatic N) is 2. The van der Waals surface area contributed by atoms with E-state index in [1.54, 1.807) is 0 Å². The van der Waals surface area contributed by atoms with Crippen LogP contribution in [0, 0.1) is 0 Å². The van der Waals surface area contributed by atoms with Gasteiger partial charge in [0.2, 0.25) is 5.91 Å². The molecule has 0 unspecified atom stereocenters. The molecule has 2 heterocycles. The van der Waals surface area contributed by atoms with E-state index in [4.69, 9.17) is 0 Å². The number of piperidine rings is 1. The Hall–Kier alpha value is -2.04. The van der Waals surface area contributed by atoms with Crippen LogP contribution in [0.1, 0.15) is 42.5 Å². The molecule has 0 bridgehead atoms. The molecule has 0 radical (unpaired) electrons. The van der Waals surface area contributed by atoms with Gasteiger partial charge in [-0.2, -0.15) is 0 Å². The van der Waals surface area contributed by atoms with E-state index in [0.717, 1.165) is 57.5 Å². The molecule has 0 aliphatic carbocycles. The third-order valence-electron chi connectivity index (χ3n) is 4.66. The van der Waals surface area contributed by atoms with E-state index >= 15 is 0 Å². The first kappa shape index (κ1) is 15.8. The topological polar surface area (TPSA) is 52.7 Å². The molecular formula is C18H25N3O2. The smallest absolute Gasteiger partial charge is 0.253 e. The van der Waals surface area contributed by atoms with Gasteiger partial charge < -0.3 is 15.1 Å². The first-order valence-corrected chi connectivity index (χ1v) is 8.65. The number of hydrogen-bond acceptors (Lipinski definition) is 3. The molecule has 1 N–H and O–H groups in total. The zero-order valence-corrected chi connectivity index (χ0v) is 13.6. The molecule has 23 heavy (non-hydrogen) atoms. The van der Waals surface area contributed by atoms with E-state index in [1.165, 1.54) is 6.42 Å². The quantitative estimate of drug-likeness (QED) is 0.928. The van der Waals surface area contributed by atoms with Crippen molar-refractivity contribution in [1.82, 2.24) is 9.80 Å². The number of amides is 2. The maximum absolute atomic E-state index is 12.4. The molecule has 3 rings (SSSR count). The minimum Gasteiger partial charge on any atom is -0.376 e. The fourth-order valence-electron chi connectivity index (χ4n) is 3.30. The summed E-state index contributed by atoms with van der Waals surface area (Å²) in [7, 11) is 0. The largest absolute Gasteiger partial charge is 0.376 e. The second-order valence-corrected chi connectivity index (χ2v) is 6.38. The van der Waals surface area contributed by atoms with Crippen molar-refractivity contribution in [2.45, 2.75) is 32.1 Å². The van der Waals surface area contributed by atoms with E-state index in [2.05, 4.69) is 5.32 Å². The molecule has 2 saturated heterocycles. The molecule has 1 aromatic carbocycles. The average Bonchev–Trinajstić information content (AvgIpc) is 3.14. The van der Waals surface area contributed by atoms with Crippen molar-refractivity contribution in [1.29, 1.82) is 0 Å². The maximum atomic E-state index is 12.4. The van der Waals surface area contributed by atoms with Gasteiger partial charge in [0.15, 0.2) is 0 Å². The summed E-state index contributed by atoms with van der Waals surface area (Å²) >= 11 is 0. The Bertz CT molecular complexity index is 561. The lowest BCUT2D eigenvalue weighted by Gasteiger charge is -2.27. The second kappa shape index (κ2) is 7.49. The lowest BCUT2D eigenvalue weighted by Crippen LogP contribution is -2.39. The Kier molecular flexibility index (Phi) is 5.16. The van der Waals surface area contributed by atoms with Crippen molar-refractivity contribution < 1.29 is 9.59 Å². The molecule has 0 spiro atoms. The Morgan fingerprint density at radius 2 is 1.57 bits per heavy atom. The summed E-state index contributed by atoms with van der Waals surface area (Å²) in [5.74, 6) is 0.231. The first-order valence-electron chi connectivity index (χ1n) is 8.65. The number of carbonyl (C=O) groups excluding carboxylic acids is 2. The monoisotopic (exact) mass is 315 g/mol. The van der Waals surface area contributed by atoms with Gasteiger partial charge in [0.25, 0.3) is 5.91 Å². The van der Waals surface area contributed by atoms with Gasteiger partial charge in [-0.1, -0.05) is 6.07 Å². The third kappa shape index (κ3) is 4.03. The van der Waals surface area contributed by atoms with E-state index in [1.807, 2.05) is 34.1 Å². The molecule has 0 aromatic heterocycles. The molecule has 2 aliphatic rings. The van der Waals surface area contributed by atoms with Crippen LogP contribution in [0.4, 0.5) is 5.69 Å². The summed E-state index contributed by atoms with van der Waals surface area (Å²) in [5, 5.41) is 3.17. The van der Waals surface area contributed by atoms with Gasteiger partial charge in [0, 0.05) is 37.4 Å². The first-order chi connectivity index (χ1) is 11.2. The zero-order valence-electron chi connectivity index (χ0n) is 13.6. The Morgan fingerprint density at radius 1 is 0.913 bits per heavy atom. The Morgan fingerprint density at radius 3 is 2.30 bits per heavy atom. The minimum absolute atomic E-state index is 0.0912. The van der Waals surface area contributed by atoms with Gasteiger partial charge in [0.05, 0.1) is 6.54 Å². The molecule has 0 saturated carbocycles. The summed E-state index contributed by atoms with van der Waals surface area (Å²) < 4.78 is 0. The molecule has 5 heteroatoms. The Balaban J connectivity index is 1.56. The predicted molar refractivity (Wildman–Crippen MR) is 90.5 cm³/mol. The number of likely N-dealkylation sites (tertiary alicyclic amines) is 2. The third-order valence-corrected chi connectivity index (χ3v) is 4.66. The summed E-state index contributed by atoms with van der Waals surface area (Å²) in [4.78, 5) is 28.4. The van der Waals surface area contributed by atoms with Crippen LogP contribution in [0.5, 0.6) is 0 Å². The van der Waals surface area contributed by atoms with E-state index in [0.29, 0.717) is 12.1 Å². The highest BCUT2D eigenvalue weighted by atomic mass is 16.2. The zero-order chi connectivity index (χ0) is 16.1. The van der Waals surface area contributed by atoms with Gasteiger partial charge in [-0.05, 0) is 50.3 Å². The van der Waals surface area contributed by atoms with Gasteiger partial charge in [-0.3, -0.25) is 9.59 Å². The summed E-state index contributed by atoms with van der Waals surface area (Å²) in [6.45, 7) is 3.73. The van der Waals surface area contributed by atoms with Crippen molar-refractivity contribution in [3.63, 3.8) is 0 Å². The predicted octanol–water partition coefficient (Wildman–Crippen LogP) is 2.35. The van der Waals surface area contributed by atoms with E-state index in [9.17, 15) is 9.59 Å². The average molecular weight is 315 g/mol. The fraction of sp³-hybridized carbons (Fsp3) is 0.556. The Labute approximate surface area is 137 Å². The molecule has 124 valence electrons. The van der Waals surface area contributed by atoms with E-state index < -0.39 is 0 Å². The summed E-state index contributed by atoms with van der Waals surface area (Å²) in [5.41, 5.74) is 1.53. The molecule has 2 fully saturated rings. The summed E-state index contributed by atoms with van der Waals surface area (Å²) in [6, 6.07) is 7.48. The van der Waals surface area contributed by atoms with Crippen LogP contribution in [0.25, 0.3) is 0 Å². The fourth-order valence-corrected chi connectivity index (χ4v) is 3.30. The lowest BCUT2D eigenvalue weighted by atomic mass is 10.1. The van der Waals surface area contributed by atoms with Crippen LogP contribution in [0.2, 0.25) is 0 Å². The number of rotatable bonds is 4. The van der Waals surface area contributed by atoms with Crippen molar-refractivity contribution in [3.05, 3.63) is 29.8 Å². The van der Waals surface area contributed by atoms with Gasteiger partial charge in [0.1, 0.15) is 0 Å². The van der Waals surface area contributed by atoms with Crippen LogP contribution >= 0.6 is 0 Å². The summed E-state index contributed by atoms with van der Waals surface area (Å²) in [6.07, 6.45) is 5.61. The number of anilines is 1. The van der Waals surface area contributed by atoms with Crippen LogP contribution in [0.3, 0.4) is 0 Å². The van der Waals surface area contributed by atoms with Crippen molar-refractivity contribution in [2.75, 3.05) is 38.0 Å². The van der Waals surface area contributed by atoms with Crippen LogP contribution < -0.4 is 5.32 Å². The number of nitrogens with one attached hydrogen (secondary N) is 1. The van der Waals surface area contributed by atoms with Gasteiger partial charge >= 0.3 is 0 Å². The lowest BCUT2D eigenvalue weighted by molar-refractivity contribution is -0.130. The standard InChI is InChI=1S/C18H25N3O2/c22-17(20-9-2-1-3-10-20)14-19-16-8-6-7-15(13-16)18(23)21-11-4-5-12-21/h6-8,13,19H,1-5,9-12,14H2. The second-order valence-electron chi connectivity index (χ2n) is 6.38. The normalized spacial score (nSPS) is 18.1. The van der Waals surface area contributed by atoms with Crippen LogP contribution in [0.15, 0.2) is 24.3 Å². The molecule has 2 aliphatic heterocycles. The molecule has 0 atom stereocenters. The SMILES string of the molecule is O=C(CNc1cccc(C(=O)N2CCCC2)c1)N1CCCCC1. The highest BCUT2D eigenvalue weighted by molar-refractivity contribution is 5.95. The highest BCUT2D eigenvalue weighted by Crippen LogP contribution is 2.16. The number of carbonyl (C=O) groups is 2. The molecule has 5 nitrogen and oxygen atoms in total. The molecular weight excluding hydrogens is 290 g/mol.